The second-order valence-electron chi connectivity index (χ2n) is 2.73. The molecule has 0 radical (unpaired) electrons. The van der Waals surface area contributed by atoms with Gasteiger partial charge in [0.15, 0.2) is 5.82 Å². The normalized spacial score (nSPS) is 15.0. The minimum atomic E-state index is -2.76. The molecule has 0 aliphatic carbocycles. The van der Waals surface area contributed by atoms with Gasteiger partial charge >= 0.3 is 0 Å². The number of anilines is 1. The summed E-state index contributed by atoms with van der Waals surface area (Å²) in [6.07, 6.45) is 1.31. The van der Waals surface area contributed by atoms with Crippen molar-refractivity contribution in [1.82, 2.24) is 4.98 Å². The van der Waals surface area contributed by atoms with Crippen molar-refractivity contribution < 1.29 is 4.21 Å². The Kier molecular flexibility index (Phi) is 2.92. The zero-order valence-corrected chi connectivity index (χ0v) is 9.70. The molecule has 0 aliphatic heterocycles. The third kappa shape index (κ3) is 3.31. The Bertz CT molecular complexity index is 416. The summed E-state index contributed by atoms with van der Waals surface area (Å²) in [6, 6.07) is 3.63. The average Bonchev–Trinajstić information content (AvgIpc) is 1.94. The summed E-state index contributed by atoms with van der Waals surface area (Å²) in [4.78, 5) is 4.10. The van der Waals surface area contributed by atoms with E-state index in [-0.39, 0.29) is 0 Å². The Hall–Kier alpha value is -0.620. The molecule has 0 saturated carbocycles. The third-order valence-corrected chi connectivity index (χ3v) is 2.50. The molecule has 0 spiro atoms. The molecule has 1 unspecified atom stereocenters. The first kappa shape index (κ1) is 10.5. The number of rotatable bonds is 2. The molecule has 1 aromatic heterocycles. The van der Waals surface area contributed by atoms with Gasteiger partial charge in [0.2, 0.25) is 0 Å². The fraction of sp³-hybridized carbons (Fsp3) is 0.286. The van der Waals surface area contributed by atoms with E-state index < -0.39 is 9.92 Å². The van der Waals surface area contributed by atoms with Crippen molar-refractivity contribution in [2.24, 2.45) is 0 Å². The topological polar surface area (TPSA) is 65.8 Å². The highest BCUT2D eigenvalue weighted by atomic mass is 79.9. The molecule has 0 amide bonds. The Labute approximate surface area is 86.0 Å². The van der Waals surface area contributed by atoms with Crippen molar-refractivity contribution in [1.29, 1.82) is 4.78 Å². The standard InChI is InChI=1S/C7H10BrN3OS/c1-5-3-4-6(8)7(10-5)11-13(2,9)12/h3-4H,1-2H3,(H2,9,10,11,12). The van der Waals surface area contributed by atoms with Gasteiger partial charge in [0.05, 0.1) is 4.47 Å². The first-order chi connectivity index (χ1) is 5.88. The lowest BCUT2D eigenvalue weighted by molar-refractivity contribution is 0.682. The quantitative estimate of drug-likeness (QED) is 0.859. The largest absolute Gasteiger partial charge is 0.283 e. The molecule has 1 rings (SSSR count). The minimum Gasteiger partial charge on any atom is -0.283 e. The molecule has 4 nitrogen and oxygen atoms in total. The van der Waals surface area contributed by atoms with Crippen molar-refractivity contribution in [3.63, 3.8) is 0 Å². The van der Waals surface area contributed by atoms with Crippen LogP contribution >= 0.6 is 15.9 Å². The molecular weight excluding hydrogens is 254 g/mol. The van der Waals surface area contributed by atoms with Crippen LogP contribution in [0.2, 0.25) is 0 Å². The Morgan fingerprint density at radius 2 is 2.23 bits per heavy atom. The summed E-state index contributed by atoms with van der Waals surface area (Å²) in [6.45, 7) is 1.83. The van der Waals surface area contributed by atoms with E-state index in [1.54, 1.807) is 6.07 Å². The van der Waals surface area contributed by atoms with Gasteiger partial charge in [0.1, 0.15) is 9.92 Å². The molecule has 2 N–H and O–H groups in total. The smallest absolute Gasteiger partial charge is 0.152 e. The van der Waals surface area contributed by atoms with Crippen LogP contribution in [0.4, 0.5) is 5.82 Å². The van der Waals surface area contributed by atoms with Gasteiger partial charge in [-0.1, -0.05) is 0 Å². The zero-order valence-electron chi connectivity index (χ0n) is 7.30. The number of hydrogen-bond donors (Lipinski definition) is 2. The first-order valence-corrected chi connectivity index (χ1v) is 6.29. The van der Waals surface area contributed by atoms with Crippen molar-refractivity contribution in [3.05, 3.63) is 22.3 Å². The fourth-order valence-corrected chi connectivity index (χ4v) is 1.77. The maximum absolute atomic E-state index is 11.1. The number of aryl methyl sites for hydroxylation is 1. The van der Waals surface area contributed by atoms with E-state index in [0.717, 1.165) is 5.69 Å². The molecule has 0 saturated heterocycles. The van der Waals surface area contributed by atoms with Crippen LogP contribution in [0.3, 0.4) is 0 Å². The van der Waals surface area contributed by atoms with Crippen molar-refractivity contribution in [3.8, 4) is 0 Å². The van der Waals surface area contributed by atoms with Crippen molar-refractivity contribution >= 4 is 31.7 Å². The maximum Gasteiger partial charge on any atom is 0.152 e. The van der Waals surface area contributed by atoms with E-state index >= 15 is 0 Å². The number of aromatic nitrogens is 1. The molecule has 72 valence electrons. The molecule has 1 heterocycles. The average molecular weight is 264 g/mol. The molecule has 1 atom stereocenters. The highest BCUT2D eigenvalue weighted by Crippen LogP contribution is 2.20. The second-order valence-corrected chi connectivity index (χ2v) is 5.47. The number of nitrogens with one attached hydrogen (secondary N) is 2. The van der Waals surface area contributed by atoms with Gasteiger partial charge < -0.3 is 0 Å². The molecule has 0 aliphatic rings. The zero-order chi connectivity index (χ0) is 10.1. The van der Waals surface area contributed by atoms with Crippen LogP contribution in [-0.2, 0) is 9.92 Å². The Morgan fingerprint density at radius 3 is 2.77 bits per heavy atom. The molecule has 0 bridgehead atoms. The van der Waals surface area contributed by atoms with Crippen LogP contribution < -0.4 is 4.72 Å². The van der Waals surface area contributed by atoms with E-state index in [0.29, 0.717) is 10.3 Å². The molecule has 13 heavy (non-hydrogen) atoms. The predicted octanol–water partition coefficient (Wildman–Crippen LogP) is 2.16. The van der Waals surface area contributed by atoms with E-state index in [1.807, 2.05) is 13.0 Å². The third-order valence-electron chi connectivity index (χ3n) is 1.28. The van der Waals surface area contributed by atoms with Gasteiger partial charge in [-0.05, 0) is 35.0 Å². The monoisotopic (exact) mass is 263 g/mol. The van der Waals surface area contributed by atoms with Crippen molar-refractivity contribution in [2.45, 2.75) is 6.92 Å². The maximum atomic E-state index is 11.1. The first-order valence-electron chi connectivity index (χ1n) is 3.53. The van der Waals surface area contributed by atoms with E-state index in [2.05, 4.69) is 25.6 Å². The van der Waals surface area contributed by atoms with Gasteiger partial charge in [-0.3, -0.25) is 4.72 Å². The summed E-state index contributed by atoms with van der Waals surface area (Å²) >= 11 is 3.25. The Morgan fingerprint density at radius 1 is 1.62 bits per heavy atom. The molecule has 0 fully saturated rings. The van der Waals surface area contributed by atoms with Crippen LogP contribution in [0.1, 0.15) is 5.69 Å². The van der Waals surface area contributed by atoms with Gasteiger partial charge in [0.25, 0.3) is 0 Å². The highest BCUT2D eigenvalue weighted by Gasteiger charge is 2.04. The van der Waals surface area contributed by atoms with E-state index in [9.17, 15) is 4.21 Å². The minimum absolute atomic E-state index is 0.447. The predicted molar refractivity (Wildman–Crippen MR) is 57.1 cm³/mol. The summed E-state index contributed by atoms with van der Waals surface area (Å²) in [5.41, 5.74) is 0.814. The van der Waals surface area contributed by atoms with Crippen LogP contribution in [0.15, 0.2) is 16.6 Å². The summed E-state index contributed by atoms with van der Waals surface area (Å²) in [7, 11) is -2.76. The van der Waals surface area contributed by atoms with Crippen LogP contribution in [0.5, 0.6) is 0 Å². The lowest BCUT2D eigenvalue weighted by Gasteiger charge is -2.07. The van der Waals surface area contributed by atoms with Crippen LogP contribution in [0, 0.1) is 11.7 Å². The second kappa shape index (κ2) is 3.63. The molecular formula is C7H10BrN3OS. The highest BCUT2D eigenvalue weighted by molar-refractivity contribution is 9.10. The van der Waals surface area contributed by atoms with Gasteiger partial charge in [-0.25, -0.2) is 14.0 Å². The molecule has 6 heteroatoms. The van der Waals surface area contributed by atoms with E-state index in [4.69, 9.17) is 4.78 Å². The summed E-state index contributed by atoms with van der Waals surface area (Å²) in [5.74, 6) is 0.447. The fourth-order valence-electron chi connectivity index (χ4n) is 0.796. The van der Waals surface area contributed by atoms with E-state index in [1.165, 1.54) is 6.26 Å². The summed E-state index contributed by atoms with van der Waals surface area (Å²) < 4.78 is 21.5. The van der Waals surface area contributed by atoms with Gasteiger partial charge in [0, 0.05) is 11.9 Å². The molecule has 1 aromatic rings. The van der Waals surface area contributed by atoms with Crippen molar-refractivity contribution in [2.75, 3.05) is 11.0 Å². The summed E-state index contributed by atoms with van der Waals surface area (Å²) in [5, 5.41) is 0. The SMILES string of the molecule is Cc1ccc(Br)c(NS(C)(=N)=O)n1. The number of halogens is 1. The van der Waals surface area contributed by atoms with Gasteiger partial charge in [-0.15, -0.1) is 0 Å². The lowest BCUT2D eigenvalue weighted by Crippen LogP contribution is -2.10. The van der Waals surface area contributed by atoms with Crippen LogP contribution in [-0.4, -0.2) is 15.4 Å². The number of nitrogens with zero attached hydrogens (tertiary/aromatic N) is 1. The number of pyridine rings is 1. The lowest BCUT2D eigenvalue weighted by atomic mass is 10.4. The molecule has 0 aromatic carbocycles. The number of hydrogen-bond acceptors (Lipinski definition) is 3. The Balaban J connectivity index is 3.08. The van der Waals surface area contributed by atoms with Gasteiger partial charge in [-0.2, -0.15) is 0 Å². The van der Waals surface area contributed by atoms with Crippen LogP contribution in [0.25, 0.3) is 0 Å².